The number of hydrogen-bond acceptors (Lipinski definition) is 5. The lowest BCUT2D eigenvalue weighted by Crippen LogP contribution is -2.29. The molecule has 2 aromatic carbocycles. The molecule has 2 amide bonds. The molecule has 0 aliphatic carbocycles. The second-order valence-electron chi connectivity index (χ2n) is 6.56. The molecule has 0 aliphatic heterocycles. The van der Waals surface area contributed by atoms with Crippen molar-refractivity contribution < 1.29 is 14.8 Å². The van der Waals surface area contributed by atoms with Crippen LogP contribution in [0.1, 0.15) is 33.3 Å². The van der Waals surface area contributed by atoms with E-state index in [4.69, 9.17) is 5.21 Å². The molecule has 144 valence electrons. The Morgan fingerprint density at radius 1 is 1.07 bits per heavy atom. The van der Waals surface area contributed by atoms with Gasteiger partial charge in [0, 0.05) is 23.1 Å². The van der Waals surface area contributed by atoms with Gasteiger partial charge in [-0.1, -0.05) is 49.4 Å². The van der Waals surface area contributed by atoms with E-state index in [1.165, 1.54) is 11.3 Å². The summed E-state index contributed by atoms with van der Waals surface area (Å²) < 4.78 is 0. The van der Waals surface area contributed by atoms with E-state index >= 15 is 0 Å². The molecule has 3 rings (SSSR count). The molecule has 1 aromatic heterocycles. The molecule has 0 bridgehead atoms. The van der Waals surface area contributed by atoms with Crippen LogP contribution in [0.25, 0.3) is 10.6 Å². The number of carbonyl (C=O) groups is 2. The van der Waals surface area contributed by atoms with Crippen LogP contribution >= 0.6 is 11.3 Å². The summed E-state index contributed by atoms with van der Waals surface area (Å²) in [4.78, 5) is 28.1. The highest BCUT2D eigenvalue weighted by molar-refractivity contribution is 7.13. The van der Waals surface area contributed by atoms with Crippen molar-refractivity contribution in [3.8, 4) is 10.6 Å². The lowest BCUT2D eigenvalue weighted by Gasteiger charge is -2.12. The maximum absolute atomic E-state index is 12.4. The predicted molar refractivity (Wildman–Crippen MR) is 108 cm³/mol. The van der Waals surface area contributed by atoms with Gasteiger partial charge in [-0.2, -0.15) is 0 Å². The highest BCUT2D eigenvalue weighted by atomic mass is 32.1. The van der Waals surface area contributed by atoms with Crippen LogP contribution in [0.3, 0.4) is 0 Å². The van der Waals surface area contributed by atoms with Crippen molar-refractivity contribution >= 4 is 23.2 Å². The Balaban J connectivity index is 1.52. The number of rotatable bonds is 7. The molecule has 0 spiro atoms. The van der Waals surface area contributed by atoms with Crippen molar-refractivity contribution in [1.29, 1.82) is 0 Å². The maximum atomic E-state index is 12.4. The third-order valence-electron chi connectivity index (χ3n) is 4.27. The molecule has 1 heterocycles. The molecule has 7 heteroatoms. The standard InChI is InChI=1S/C21H21N3O3S/c1-14(11-15-7-9-16(10-8-15)19(25)24-27)12-22-20(26)18-13-28-21(23-18)17-5-3-2-4-6-17/h2-10,13-14,27H,11-12H2,1H3,(H,22,26)(H,24,25). The van der Waals surface area contributed by atoms with Crippen molar-refractivity contribution in [2.75, 3.05) is 6.54 Å². The number of nitrogens with one attached hydrogen (secondary N) is 2. The first-order chi connectivity index (χ1) is 13.6. The van der Waals surface area contributed by atoms with Crippen LogP contribution in [-0.4, -0.2) is 28.6 Å². The van der Waals surface area contributed by atoms with E-state index in [0.29, 0.717) is 17.8 Å². The fraction of sp³-hybridized carbons (Fsp3) is 0.190. The number of nitrogens with zero attached hydrogens (tertiary/aromatic N) is 1. The summed E-state index contributed by atoms with van der Waals surface area (Å²) in [5.74, 6) is -0.501. The average molecular weight is 395 g/mol. The third kappa shape index (κ3) is 5.03. The summed E-state index contributed by atoms with van der Waals surface area (Å²) in [6.45, 7) is 2.57. The van der Waals surface area contributed by atoms with Gasteiger partial charge in [-0.3, -0.25) is 14.8 Å². The molecule has 1 unspecified atom stereocenters. The van der Waals surface area contributed by atoms with Gasteiger partial charge in [0.25, 0.3) is 11.8 Å². The molecule has 0 aliphatic rings. The van der Waals surface area contributed by atoms with Gasteiger partial charge in [-0.05, 0) is 30.0 Å². The fourth-order valence-electron chi connectivity index (χ4n) is 2.78. The first kappa shape index (κ1) is 19.7. The molecular formula is C21H21N3O3S. The van der Waals surface area contributed by atoms with Gasteiger partial charge >= 0.3 is 0 Å². The van der Waals surface area contributed by atoms with Crippen molar-refractivity contribution in [2.45, 2.75) is 13.3 Å². The van der Waals surface area contributed by atoms with Gasteiger partial charge in [-0.15, -0.1) is 11.3 Å². The van der Waals surface area contributed by atoms with Gasteiger partial charge in [0.1, 0.15) is 10.7 Å². The lowest BCUT2D eigenvalue weighted by atomic mass is 10.00. The smallest absolute Gasteiger partial charge is 0.274 e. The maximum Gasteiger partial charge on any atom is 0.274 e. The number of amides is 2. The largest absolute Gasteiger partial charge is 0.350 e. The lowest BCUT2D eigenvalue weighted by molar-refractivity contribution is 0.0706. The van der Waals surface area contributed by atoms with Crippen LogP contribution in [0.4, 0.5) is 0 Å². The third-order valence-corrected chi connectivity index (χ3v) is 5.16. The molecule has 28 heavy (non-hydrogen) atoms. The second kappa shape index (κ2) is 9.25. The SMILES string of the molecule is CC(CNC(=O)c1csc(-c2ccccc2)n1)Cc1ccc(C(=O)NO)cc1. The Labute approximate surface area is 167 Å². The summed E-state index contributed by atoms with van der Waals surface area (Å²) in [5, 5.41) is 14.2. The van der Waals surface area contributed by atoms with E-state index in [1.807, 2.05) is 49.4 Å². The number of aromatic nitrogens is 1. The number of thiazole rings is 1. The van der Waals surface area contributed by atoms with Crippen molar-refractivity contribution in [3.05, 3.63) is 76.8 Å². The molecule has 6 nitrogen and oxygen atoms in total. The van der Waals surface area contributed by atoms with Crippen molar-refractivity contribution in [2.24, 2.45) is 5.92 Å². The molecule has 3 N–H and O–H groups in total. The van der Waals surface area contributed by atoms with Crippen molar-refractivity contribution in [3.63, 3.8) is 0 Å². The van der Waals surface area contributed by atoms with E-state index in [2.05, 4.69) is 10.3 Å². The number of benzene rings is 2. The van der Waals surface area contributed by atoms with Gasteiger partial charge in [0.05, 0.1) is 0 Å². The highest BCUT2D eigenvalue weighted by Crippen LogP contribution is 2.23. The summed E-state index contributed by atoms with van der Waals surface area (Å²) >= 11 is 1.45. The minimum absolute atomic E-state index is 0.180. The van der Waals surface area contributed by atoms with E-state index in [-0.39, 0.29) is 11.8 Å². The molecule has 0 radical (unpaired) electrons. The van der Waals surface area contributed by atoms with Crippen LogP contribution < -0.4 is 10.8 Å². The second-order valence-corrected chi connectivity index (χ2v) is 7.42. The summed E-state index contributed by atoms with van der Waals surface area (Å²) in [6, 6.07) is 16.8. The Kier molecular flexibility index (Phi) is 6.52. The zero-order valence-corrected chi connectivity index (χ0v) is 16.2. The molecule has 3 aromatic rings. The number of hydrogen-bond donors (Lipinski definition) is 3. The van der Waals surface area contributed by atoms with E-state index in [9.17, 15) is 9.59 Å². The topological polar surface area (TPSA) is 91.3 Å². The Morgan fingerprint density at radius 2 is 1.79 bits per heavy atom. The van der Waals surface area contributed by atoms with Crippen molar-refractivity contribution in [1.82, 2.24) is 15.8 Å². The Hall–Kier alpha value is -3.03. The minimum atomic E-state index is -0.537. The van der Waals surface area contributed by atoms with E-state index in [0.717, 1.165) is 22.6 Å². The first-order valence-corrected chi connectivity index (χ1v) is 9.77. The van der Waals surface area contributed by atoms with E-state index in [1.54, 1.807) is 23.0 Å². The number of hydroxylamine groups is 1. The molecule has 0 fully saturated rings. The van der Waals surface area contributed by atoms with Crippen LogP contribution in [0.2, 0.25) is 0 Å². The van der Waals surface area contributed by atoms with Gasteiger partial charge < -0.3 is 5.32 Å². The predicted octanol–water partition coefficient (Wildman–Crippen LogP) is 3.54. The molecule has 0 saturated heterocycles. The molecule has 0 saturated carbocycles. The quantitative estimate of drug-likeness (QED) is 0.422. The van der Waals surface area contributed by atoms with Gasteiger partial charge in [0.15, 0.2) is 0 Å². The van der Waals surface area contributed by atoms with E-state index < -0.39 is 5.91 Å². The minimum Gasteiger partial charge on any atom is -0.350 e. The van der Waals surface area contributed by atoms with Crippen LogP contribution in [-0.2, 0) is 6.42 Å². The summed E-state index contributed by atoms with van der Waals surface area (Å²) in [5.41, 5.74) is 4.48. The van der Waals surface area contributed by atoms with Gasteiger partial charge in [-0.25, -0.2) is 10.5 Å². The highest BCUT2D eigenvalue weighted by Gasteiger charge is 2.13. The van der Waals surface area contributed by atoms with Crippen LogP contribution in [0.5, 0.6) is 0 Å². The monoisotopic (exact) mass is 395 g/mol. The Bertz CT molecular complexity index is 939. The van der Waals surface area contributed by atoms with Crippen LogP contribution in [0, 0.1) is 5.92 Å². The zero-order chi connectivity index (χ0) is 19.9. The van der Waals surface area contributed by atoms with Crippen LogP contribution in [0.15, 0.2) is 60.0 Å². The fourth-order valence-corrected chi connectivity index (χ4v) is 3.59. The zero-order valence-electron chi connectivity index (χ0n) is 15.4. The molecular weight excluding hydrogens is 374 g/mol. The van der Waals surface area contributed by atoms with Gasteiger partial charge in [0.2, 0.25) is 0 Å². The molecule has 1 atom stereocenters. The number of carbonyl (C=O) groups excluding carboxylic acids is 2. The summed E-state index contributed by atoms with van der Waals surface area (Å²) in [6.07, 6.45) is 0.758. The first-order valence-electron chi connectivity index (χ1n) is 8.89. The Morgan fingerprint density at radius 3 is 2.46 bits per heavy atom. The normalized spacial score (nSPS) is 11.6. The average Bonchev–Trinajstić information content (AvgIpc) is 3.23. The summed E-state index contributed by atoms with van der Waals surface area (Å²) in [7, 11) is 0.